The van der Waals surface area contributed by atoms with Gasteiger partial charge in [0.15, 0.2) is 0 Å². The Labute approximate surface area is 141 Å². The van der Waals surface area contributed by atoms with Gasteiger partial charge in [0, 0.05) is 20.6 Å². The molecular weight excluding hydrogens is 393 g/mol. The Balaban J connectivity index is 2.04. The number of amides is 3. The number of aryl methyl sites for hydroxylation is 1. The minimum atomic E-state index is -0.484. The third kappa shape index (κ3) is 2.66. The highest BCUT2D eigenvalue weighted by atomic mass is 127. The first-order valence-corrected chi connectivity index (χ1v) is 7.82. The summed E-state index contributed by atoms with van der Waals surface area (Å²) in [6.45, 7) is 4.01. The third-order valence-corrected chi connectivity index (χ3v) is 4.29. The molecule has 0 aliphatic carbocycles. The highest BCUT2D eigenvalue weighted by Gasteiger charge is 2.23. The molecule has 1 fully saturated rings. The Morgan fingerprint density at radius 1 is 1.09 bits per heavy atom. The molecule has 2 aromatic rings. The Kier molecular flexibility index (Phi) is 3.78. The molecule has 1 saturated heterocycles. The van der Waals surface area contributed by atoms with E-state index in [1.165, 1.54) is 3.57 Å². The Hall–Kier alpha value is -2.09. The van der Waals surface area contributed by atoms with E-state index in [4.69, 9.17) is 0 Å². The second-order valence-electron chi connectivity index (χ2n) is 5.10. The number of nitrogens with one attached hydrogen (secondary N) is 2. The number of nitrogens with zero attached hydrogens (tertiary/aromatic N) is 1. The van der Waals surface area contributed by atoms with Crippen molar-refractivity contribution in [3.63, 3.8) is 0 Å². The molecule has 3 amide bonds. The fourth-order valence-corrected chi connectivity index (χ4v) is 2.92. The van der Waals surface area contributed by atoms with E-state index < -0.39 is 11.9 Å². The van der Waals surface area contributed by atoms with Crippen LogP contribution in [0.25, 0.3) is 11.8 Å². The van der Waals surface area contributed by atoms with Gasteiger partial charge >= 0.3 is 6.03 Å². The van der Waals surface area contributed by atoms with Gasteiger partial charge in [0.2, 0.25) is 0 Å². The van der Waals surface area contributed by atoms with E-state index in [-0.39, 0.29) is 5.70 Å². The van der Waals surface area contributed by atoms with E-state index in [1.807, 2.05) is 19.9 Å². The van der Waals surface area contributed by atoms with Crippen LogP contribution >= 0.6 is 22.6 Å². The maximum absolute atomic E-state index is 11.6. The molecular formula is C16H14IN3O2. The number of aromatic nitrogens is 1. The summed E-state index contributed by atoms with van der Waals surface area (Å²) >= 11 is 2.27. The number of carbonyl (C=O) groups is 2. The minimum absolute atomic E-state index is 0.271. The first-order chi connectivity index (χ1) is 10.5. The van der Waals surface area contributed by atoms with Crippen LogP contribution < -0.4 is 10.6 Å². The van der Waals surface area contributed by atoms with Crippen molar-refractivity contribution < 1.29 is 9.59 Å². The predicted molar refractivity (Wildman–Crippen MR) is 92.6 cm³/mol. The van der Waals surface area contributed by atoms with Crippen LogP contribution in [0.4, 0.5) is 4.79 Å². The van der Waals surface area contributed by atoms with Crippen LogP contribution in [0.3, 0.4) is 0 Å². The minimum Gasteiger partial charge on any atom is -0.318 e. The summed E-state index contributed by atoms with van der Waals surface area (Å²) in [4.78, 5) is 22.8. The lowest BCUT2D eigenvalue weighted by Gasteiger charge is -2.09. The second kappa shape index (κ2) is 5.60. The van der Waals surface area contributed by atoms with Crippen LogP contribution in [0, 0.1) is 17.4 Å². The molecule has 0 unspecified atom stereocenters. The van der Waals surface area contributed by atoms with Gasteiger partial charge in [0.1, 0.15) is 5.70 Å². The second-order valence-corrected chi connectivity index (χ2v) is 6.35. The van der Waals surface area contributed by atoms with E-state index in [2.05, 4.69) is 62.1 Å². The zero-order valence-corrected chi connectivity index (χ0v) is 14.3. The summed E-state index contributed by atoms with van der Waals surface area (Å²) in [5.41, 5.74) is 4.33. The summed E-state index contributed by atoms with van der Waals surface area (Å²) < 4.78 is 3.30. The van der Waals surface area contributed by atoms with Crippen LogP contribution in [0.15, 0.2) is 36.0 Å². The van der Waals surface area contributed by atoms with E-state index in [9.17, 15) is 9.59 Å². The molecule has 0 saturated carbocycles. The third-order valence-electron chi connectivity index (χ3n) is 3.57. The van der Waals surface area contributed by atoms with Gasteiger partial charge in [0.25, 0.3) is 5.91 Å². The van der Waals surface area contributed by atoms with Gasteiger partial charge in [0.05, 0.1) is 0 Å². The van der Waals surface area contributed by atoms with Crippen molar-refractivity contribution in [2.75, 3.05) is 0 Å². The van der Waals surface area contributed by atoms with E-state index in [0.717, 1.165) is 22.6 Å². The SMILES string of the molecule is Cc1cc(/C=C2\NC(=O)NC2=O)c(C)n1-c1ccc(I)cc1. The van der Waals surface area contributed by atoms with Crippen LogP contribution in [-0.4, -0.2) is 16.5 Å². The molecule has 1 aliphatic rings. The van der Waals surface area contributed by atoms with Crippen molar-refractivity contribution in [1.29, 1.82) is 0 Å². The number of rotatable bonds is 2. The maximum Gasteiger partial charge on any atom is 0.326 e. The first kappa shape index (κ1) is 14.8. The summed E-state index contributed by atoms with van der Waals surface area (Å²) in [6.07, 6.45) is 1.70. The molecule has 22 heavy (non-hydrogen) atoms. The average molecular weight is 407 g/mol. The molecule has 3 rings (SSSR count). The number of carbonyl (C=O) groups excluding carboxylic acids is 2. The van der Waals surface area contributed by atoms with Gasteiger partial charge in [-0.25, -0.2) is 4.79 Å². The number of halogens is 1. The zero-order chi connectivity index (χ0) is 15.9. The topological polar surface area (TPSA) is 63.1 Å². The quantitative estimate of drug-likeness (QED) is 0.457. The van der Waals surface area contributed by atoms with Gasteiger partial charge in [-0.3, -0.25) is 10.1 Å². The first-order valence-electron chi connectivity index (χ1n) is 6.74. The number of hydrogen-bond acceptors (Lipinski definition) is 2. The summed E-state index contributed by atoms with van der Waals surface area (Å²) in [5.74, 6) is -0.399. The highest BCUT2D eigenvalue weighted by Crippen LogP contribution is 2.23. The molecule has 0 spiro atoms. The lowest BCUT2D eigenvalue weighted by molar-refractivity contribution is -0.115. The van der Waals surface area contributed by atoms with Crippen molar-refractivity contribution in [2.24, 2.45) is 0 Å². The van der Waals surface area contributed by atoms with Crippen LogP contribution in [0.2, 0.25) is 0 Å². The molecule has 0 radical (unpaired) electrons. The number of hydrogen-bond donors (Lipinski definition) is 2. The van der Waals surface area contributed by atoms with Crippen LogP contribution in [-0.2, 0) is 4.79 Å². The fraction of sp³-hybridized carbons (Fsp3) is 0.125. The Morgan fingerprint density at radius 3 is 2.36 bits per heavy atom. The molecule has 1 aliphatic heterocycles. The molecule has 112 valence electrons. The zero-order valence-electron chi connectivity index (χ0n) is 12.1. The fourth-order valence-electron chi connectivity index (χ4n) is 2.56. The smallest absolute Gasteiger partial charge is 0.318 e. The molecule has 2 N–H and O–H groups in total. The maximum atomic E-state index is 11.6. The average Bonchev–Trinajstić information content (AvgIpc) is 2.92. The van der Waals surface area contributed by atoms with E-state index in [1.54, 1.807) is 6.08 Å². The van der Waals surface area contributed by atoms with Crippen molar-refractivity contribution in [1.82, 2.24) is 15.2 Å². The number of imide groups is 1. The van der Waals surface area contributed by atoms with Gasteiger partial charge < -0.3 is 9.88 Å². The van der Waals surface area contributed by atoms with Crippen molar-refractivity contribution in [2.45, 2.75) is 13.8 Å². The molecule has 2 heterocycles. The highest BCUT2D eigenvalue weighted by molar-refractivity contribution is 14.1. The molecule has 0 bridgehead atoms. The van der Waals surface area contributed by atoms with Crippen molar-refractivity contribution in [3.05, 3.63) is 56.6 Å². The molecule has 0 atom stereocenters. The Morgan fingerprint density at radius 2 is 1.77 bits per heavy atom. The summed E-state index contributed by atoms with van der Waals surface area (Å²) in [7, 11) is 0. The largest absolute Gasteiger partial charge is 0.326 e. The van der Waals surface area contributed by atoms with Gasteiger partial charge in [-0.15, -0.1) is 0 Å². The van der Waals surface area contributed by atoms with E-state index >= 15 is 0 Å². The molecule has 5 nitrogen and oxygen atoms in total. The Bertz CT molecular complexity index is 804. The lowest BCUT2D eigenvalue weighted by atomic mass is 10.2. The molecule has 1 aromatic heterocycles. The normalized spacial score (nSPS) is 16.0. The van der Waals surface area contributed by atoms with Gasteiger partial charge in [-0.2, -0.15) is 0 Å². The van der Waals surface area contributed by atoms with Crippen LogP contribution in [0.5, 0.6) is 0 Å². The summed E-state index contributed by atoms with van der Waals surface area (Å²) in [6, 6.07) is 9.74. The van der Waals surface area contributed by atoms with Crippen molar-refractivity contribution >= 4 is 40.6 Å². The number of benzene rings is 1. The van der Waals surface area contributed by atoms with Gasteiger partial charge in [-0.1, -0.05) is 0 Å². The lowest BCUT2D eigenvalue weighted by Crippen LogP contribution is -2.22. The van der Waals surface area contributed by atoms with Crippen LogP contribution in [0.1, 0.15) is 17.0 Å². The predicted octanol–water partition coefficient (Wildman–Crippen LogP) is 2.88. The monoisotopic (exact) mass is 407 g/mol. The summed E-state index contributed by atoms with van der Waals surface area (Å²) in [5, 5.41) is 4.71. The standard InChI is InChI=1S/C16H14IN3O2/c1-9-7-11(8-14-15(21)19-16(22)18-14)10(2)20(9)13-5-3-12(17)4-6-13/h3-8H,1-2H3,(H2,18,19,21,22)/b14-8-. The van der Waals surface area contributed by atoms with E-state index in [0.29, 0.717) is 0 Å². The number of urea groups is 1. The van der Waals surface area contributed by atoms with Gasteiger partial charge in [-0.05, 0) is 78.4 Å². The molecule has 1 aromatic carbocycles. The molecule has 6 heteroatoms. The van der Waals surface area contributed by atoms with Crippen molar-refractivity contribution in [3.8, 4) is 5.69 Å².